The molecule has 7 heteroatoms. The molecule has 0 radical (unpaired) electrons. The van der Waals surface area contributed by atoms with E-state index in [1.165, 1.54) is 19.3 Å². The normalized spacial score (nSPS) is 39.4. The molecule has 0 aromatic heterocycles. The zero-order chi connectivity index (χ0) is 18.1. The van der Waals surface area contributed by atoms with Crippen molar-refractivity contribution < 1.29 is 9.59 Å². The maximum absolute atomic E-state index is 12.4. The Hall–Kier alpha value is -1.01. The molecule has 4 bridgehead atoms. The average molecular weight is 399 g/mol. The lowest BCUT2D eigenvalue weighted by Crippen LogP contribution is -2.61. The Morgan fingerprint density at radius 3 is 2.30 bits per heavy atom. The van der Waals surface area contributed by atoms with Gasteiger partial charge in [0.05, 0.1) is 0 Å². The monoisotopic (exact) mass is 398 g/mol. The first-order chi connectivity index (χ1) is 12.5. The molecule has 1 aliphatic heterocycles. The molecule has 4 N–H and O–H groups in total. The predicted molar refractivity (Wildman–Crippen MR) is 108 cm³/mol. The van der Waals surface area contributed by atoms with Gasteiger partial charge in [-0.15, -0.1) is 12.4 Å². The number of halogens is 1. The fourth-order valence-corrected chi connectivity index (χ4v) is 6.30. The molecule has 0 spiro atoms. The van der Waals surface area contributed by atoms with Gasteiger partial charge in [-0.1, -0.05) is 6.92 Å². The van der Waals surface area contributed by atoms with Crippen LogP contribution in [0.25, 0.3) is 0 Å². The minimum absolute atomic E-state index is 0. The summed E-state index contributed by atoms with van der Waals surface area (Å²) in [6.45, 7) is 4.45. The molecule has 154 valence electrons. The van der Waals surface area contributed by atoms with Gasteiger partial charge in [0, 0.05) is 31.1 Å². The van der Waals surface area contributed by atoms with E-state index in [1.807, 2.05) is 0 Å². The third kappa shape index (κ3) is 4.89. The topological polar surface area (TPSA) is 82.3 Å². The summed E-state index contributed by atoms with van der Waals surface area (Å²) >= 11 is 0. The Kier molecular flexibility index (Phi) is 6.57. The van der Waals surface area contributed by atoms with Crippen molar-refractivity contribution in [2.24, 2.45) is 23.7 Å². The van der Waals surface area contributed by atoms with Gasteiger partial charge in [0.1, 0.15) is 0 Å². The summed E-state index contributed by atoms with van der Waals surface area (Å²) in [7, 11) is 0. The van der Waals surface area contributed by atoms with Crippen LogP contribution in [0.1, 0.15) is 58.3 Å². The largest absolute Gasteiger partial charge is 0.352 e. The van der Waals surface area contributed by atoms with E-state index in [4.69, 9.17) is 0 Å². The number of carbonyl (C=O) groups is 2. The molecule has 3 amide bonds. The van der Waals surface area contributed by atoms with E-state index in [2.05, 4.69) is 28.2 Å². The Balaban J connectivity index is 0.00000210. The van der Waals surface area contributed by atoms with Crippen molar-refractivity contribution in [1.29, 1.82) is 0 Å². The minimum Gasteiger partial charge on any atom is -0.352 e. The highest BCUT2D eigenvalue weighted by atomic mass is 35.5. The van der Waals surface area contributed by atoms with Gasteiger partial charge in [-0.3, -0.25) is 4.79 Å². The molecule has 5 rings (SSSR count). The van der Waals surface area contributed by atoms with Crippen molar-refractivity contribution in [2.75, 3.05) is 19.6 Å². The maximum atomic E-state index is 12.4. The fourth-order valence-electron chi connectivity index (χ4n) is 6.30. The van der Waals surface area contributed by atoms with Gasteiger partial charge in [-0.05, 0) is 75.2 Å². The third-order valence-electron chi connectivity index (χ3n) is 7.23. The van der Waals surface area contributed by atoms with Crippen LogP contribution in [0.15, 0.2) is 0 Å². The first-order valence-electron chi connectivity index (χ1n) is 10.6. The highest BCUT2D eigenvalue weighted by Gasteiger charge is 2.51. The number of rotatable bonds is 5. The average Bonchev–Trinajstić information content (AvgIpc) is 2.55. The first kappa shape index (κ1) is 20.7. The number of hydrogen-bond acceptors (Lipinski definition) is 3. The number of carbonyl (C=O) groups excluding carboxylic acids is 2. The van der Waals surface area contributed by atoms with Gasteiger partial charge >= 0.3 is 6.03 Å². The highest BCUT2D eigenvalue weighted by molar-refractivity contribution is 5.85. The molecule has 1 heterocycles. The van der Waals surface area contributed by atoms with Crippen molar-refractivity contribution in [2.45, 2.75) is 69.9 Å². The van der Waals surface area contributed by atoms with Crippen LogP contribution in [-0.4, -0.2) is 43.2 Å². The summed E-state index contributed by atoms with van der Waals surface area (Å²) in [5.74, 6) is 2.99. The second-order valence-corrected chi connectivity index (χ2v) is 9.47. The van der Waals surface area contributed by atoms with Gasteiger partial charge < -0.3 is 21.3 Å². The minimum atomic E-state index is -0.0903. The van der Waals surface area contributed by atoms with Crippen LogP contribution in [-0.2, 0) is 4.79 Å². The van der Waals surface area contributed by atoms with Crippen LogP contribution in [0.3, 0.4) is 0 Å². The second kappa shape index (κ2) is 8.56. The van der Waals surface area contributed by atoms with Gasteiger partial charge in [0.15, 0.2) is 0 Å². The number of nitrogens with one attached hydrogen (secondary N) is 4. The lowest BCUT2D eigenvalue weighted by atomic mass is 9.53. The van der Waals surface area contributed by atoms with Gasteiger partial charge in [0.2, 0.25) is 5.91 Å². The van der Waals surface area contributed by atoms with Crippen LogP contribution in [0, 0.1) is 23.7 Å². The molecule has 0 aromatic rings. The van der Waals surface area contributed by atoms with E-state index >= 15 is 0 Å². The van der Waals surface area contributed by atoms with E-state index < -0.39 is 0 Å². The van der Waals surface area contributed by atoms with E-state index in [1.54, 1.807) is 0 Å². The molecule has 2 atom stereocenters. The van der Waals surface area contributed by atoms with Gasteiger partial charge in [-0.25, -0.2) is 4.79 Å². The molecule has 27 heavy (non-hydrogen) atoms. The fraction of sp³-hybridized carbons (Fsp3) is 0.900. The number of piperidine rings is 1. The zero-order valence-electron chi connectivity index (χ0n) is 16.4. The van der Waals surface area contributed by atoms with Crippen molar-refractivity contribution in [3.8, 4) is 0 Å². The quantitative estimate of drug-likeness (QED) is 0.572. The van der Waals surface area contributed by atoms with Gasteiger partial charge in [-0.2, -0.15) is 0 Å². The Morgan fingerprint density at radius 1 is 1.07 bits per heavy atom. The van der Waals surface area contributed by atoms with Gasteiger partial charge in [0.25, 0.3) is 0 Å². The molecule has 4 saturated carbocycles. The molecule has 6 nitrogen and oxygen atoms in total. The maximum Gasteiger partial charge on any atom is 0.315 e. The van der Waals surface area contributed by atoms with Crippen LogP contribution in [0.2, 0.25) is 0 Å². The van der Waals surface area contributed by atoms with Crippen molar-refractivity contribution in [3.05, 3.63) is 0 Å². The lowest BCUT2D eigenvalue weighted by Gasteiger charge is -2.56. The molecule has 2 unspecified atom stereocenters. The number of urea groups is 1. The van der Waals surface area contributed by atoms with Crippen LogP contribution >= 0.6 is 12.4 Å². The lowest BCUT2D eigenvalue weighted by molar-refractivity contribution is -0.122. The second-order valence-electron chi connectivity index (χ2n) is 9.47. The molecule has 4 aliphatic carbocycles. The summed E-state index contributed by atoms with van der Waals surface area (Å²) in [4.78, 5) is 24.5. The van der Waals surface area contributed by atoms with E-state index in [-0.39, 0.29) is 35.9 Å². The molecular formula is C20H35ClN4O2. The number of hydrogen-bond donors (Lipinski definition) is 4. The summed E-state index contributed by atoms with van der Waals surface area (Å²) < 4.78 is 0. The van der Waals surface area contributed by atoms with Crippen molar-refractivity contribution in [1.82, 2.24) is 21.3 Å². The van der Waals surface area contributed by atoms with Crippen molar-refractivity contribution in [3.63, 3.8) is 0 Å². The Labute approximate surface area is 168 Å². The molecular weight excluding hydrogens is 364 g/mol. The SMILES string of the molecule is CC1CCNCC1NC(=O)CCNC(=O)NC12CC3CC(CC(C3)C1)C2.Cl. The van der Waals surface area contributed by atoms with Crippen molar-refractivity contribution >= 4 is 24.3 Å². The summed E-state index contributed by atoms with van der Waals surface area (Å²) in [6.07, 6.45) is 9.01. The van der Waals surface area contributed by atoms with E-state index in [9.17, 15) is 9.59 Å². The standard InChI is InChI=1S/C20H34N4O2.ClH/c1-13-2-4-21-12-17(13)23-18(25)3-5-22-19(26)24-20-9-14-6-15(10-20)8-16(7-14)11-20;/h13-17,21H,2-12H2,1H3,(H,23,25)(H2,22,24,26);1H. The smallest absolute Gasteiger partial charge is 0.315 e. The Bertz CT molecular complexity index is 521. The molecule has 1 saturated heterocycles. The van der Waals surface area contributed by atoms with Crippen LogP contribution in [0.4, 0.5) is 4.79 Å². The summed E-state index contributed by atoms with van der Waals surface area (Å²) in [6, 6.07) is 0.115. The zero-order valence-corrected chi connectivity index (χ0v) is 17.2. The van der Waals surface area contributed by atoms with E-state index in [0.717, 1.165) is 56.5 Å². The molecule has 5 aliphatic rings. The molecule has 0 aromatic carbocycles. The first-order valence-corrected chi connectivity index (χ1v) is 10.6. The molecule has 5 fully saturated rings. The van der Waals surface area contributed by atoms with E-state index in [0.29, 0.717) is 18.9 Å². The van der Waals surface area contributed by atoms with Crippen LogP contribution in [0.5, 0.6) is 0 Å². The Morgan fingerprint density at radius 2 is 1.70 bits per heavy atom. The highest BCUT2D eigenvalue weighted by Crippen LogP contribution is 2.55. The number of amides is 3. The summed E-state index contributed by atoms with van der Waals surface area (Å²) in [5.41, 5.74) is 0.0320. The van der Waals surface area contributed by atoms with Crippen LogP contribution < -0.4 is 21.3 Å². The summed E-state index contributed by atoms with van der Waals surface area (Å²) in [5, 5.41) is 12.6. The predicted octanol–water partition coefficient (Wildman–Crippen LogP) is 2.18. The third-order valence-corrected chi connectivity index (χ3v) is 7.23.